The second-order valence-electron chi connectivity index (χ2n) is 10.6. The van der Waals surface area contributed by atoms with Crippen molar-refractivity contribution in [1.29, 1.82) is 0 Å². The maximum absolute atomic E-state index is 13.9. The highest BCUT2D eigenvalue weighted by molar-refractivity contribution is 14.1. The fourth-order valence-corrected chi connectivity index (χ4v) is 5.85. The van der Waals surface area contributed by atoms with Gasteiger partial charge in [-0.3, -0.25) is 19.2 Å². The molecule has 0 aromatic heterocycles. The lowest BCUT2D eigenvalue weighted by Gasteiger charge is -2.32. The van der Waals surface area contributed by atoms with Gasteiger partial charge >= 0.3 is 0 Å². The number of halogens is 1. The molecule has 0 saturated carbocycles. The van der Waals surface area contributed by atoms with Gasteiger partial charge < -0.3 is 20.9 Å². The number of nitrogens with one attached hydrogen (secondary N) is 3. The zero-order valence-corrected chi connectivity index (χ0v) is 24.8. The van der Waals surface area contributed by atoms with Crippen molar-refractivity contribution in [1.82, 2.24) is 20.9 Å². The lowest BCUT2D eigenvalue weighted by molar-refractivity contribution is -0.143. The van der Waals surface area contributed by atoms with E-state index in [2.05, 4.69) is 38.5 Å². The van der Waals surface area contributed by atoms with E-state index in [-0.39, 0.29) is 31.1 Å². The topological polar surface area (TPSA) is 108 Å². The van der Waals surface area contributed by atoms with E-state index in [9.17, 15) is 19.2 Å². The summed E-state index contributed by atoms with van der Waals surface area (Å²) < 4.78 is 1.05. The summed E-state index contributed by atoms with van der Waals surface area (Å²) >= 11 is 2.21. The summed E-state index contributed by atoms with van der Waals surface area (Å²) in [6, 6.07) is 23.2. The minimum atomic E-state index is -0.947. The van der Waals surface area contributed by atoms with Gasteiger partial charge in [-0.25, -0.2) is 0 Å². The van der Waals surface area contributed by atoms with Crippen molar-refractivity contribution >= 4 is 46.2 Å². The lowest BCUT2D eigenvalue weighted by Crippen LogP contribution is -2.62. The molecule has 2 aliphatic rings. The van der Waals surface area contributed by atoms with Crippen molar-refractivity contribution in [3.05, 3.63) is 105 Å². The van der Waals surface area contributed by atoms with Crippen LogP contribution in [0.4, 0.5) is 0 Å². The van der Waals surface area contributed by atoms with Crippen molar-refractivity contribution in [3.63, 3.8) is 0 Å². The molecule has 0 spiro atoms. The molecule has 2 aliphatic heterocycles. The van der Waals surface area contributed by atoms with E-state index in [0.717, 1.165) is 20.3 Å². The number of nitrogens with zero attached hydrogens (tertiary/aromatic N) is 1. The average molecular weight is 665 g/mol. The van der Waals surface area contributed by atoms with E-state index in [1.807, 2.05) is 84.9 Å². The van der Waals surface area contributed by atoms with Gasteiger partial charge in [-0.2, -0.15) is 0 Å². The third-order valence-electron chi connectivity index (χ3n) is 7.64. The fraction of sp³-hybridized carbons (Fsp3) is 0.312. The number of hydrogen-bond acceptors (Lipinski definition) is 4. The van der Waals surface area contributed by atoms with Crippen molar-refractivity contribution < 1.29 is 19.2 Å². The number of rotatable bonds is 6. The summed E-state index contributed by atoms with van der Waals surface area (Å²) in [5, 5.41) is 8.77. The van der Waals surface area contributed by atoms with Gasteiger partial charge in [0.15, 0.2) is 0 Å². The summed E-state index contributed by atoms with van der Waals surface area (Å²) in [6.07, 6.45) is 1.93. The van der Waals surface area contributed by atoms with E-state index < -0.39 is 36.0 Å². The van der Waals surface area contributed by atoms with E-state index in [1.165, 1.54) is 0 Å². The molecule has 0 aliphatic carbocycles. The van der Waals surface area contributed by atoms with E-state index in [0.29, 0.717) is 19.4 Å². The third kappa shape index (κ3) is 7.32. The molecular formula is C32H33IN4O4. The number of fused-ring (bicyclic) bond motifs is 1. The number of carbonyl (C=O) groups is 4. The highest BCUT2D eigenvalue weighted by Gasteiger charge is 2.40. The van der Waals surface area contributed by atoms with Gasteiger partial charge in [-0.15, -0.1) is 0 Å². The first-order valence-corrected chi connectivity index (χ1v) is 15.0. The number of benzene rings is 3. The Hall–Kier alpha value is -3.73. The summed E-state index contributed by atoms with van der Waals surface area (Å²) in [4.78, 5) is 56.6. The van der Waals surface area contributed by atoms with Gasteiger partial charge in [0.05, 0.1) is 0 Å². The largest absolute Gasteiger partial charge is 0.342 e. The Morgan fingerprint density at radius 3 is 1.63 bits per heavy atom. The molecule has 8 nitrogen and oxygen atoms in total. The molecular weight excluding hydrogens is 631 g/mol. The number of carbonyl (C=O) groups excluding carboxylic acids is 4. The minimum Gasteiger partial charge on any atom is -0.342 e. The van der Waals surface area contributed by atoms with Gasteiger partial charge in [0.25, 0.3) is 0 Å². The molecule has 0 radical (unpaired) electrons. The van der Waals surface area contributed by atoms with Gasteiger partial charge in [0.2, 0.25) is 23.6 Å². The van der Waals surface area contributed by atoms with Crippen LogP contribution in [0.15, 0.2) is 84.9 Å². The normalized spacial score (nSPS) is 23.5. The highest BCUT2D eigenvalue weighted by Crippen LogP contribution is 2.21. The quantitative estimate of drug-likeness (QED) is 0.353. The molecule has 3 aromatic rings. The SMILES string of the molecule is O=C1N[C@H](Cc2ccc(I)cc2)C(=O)N[C@@H](Cc2ccccc2)C(=O)N2CCC[C@@H]2C(=O)N[C@H]1Cc1ccccc1. The molecule has 5 rings (SSSR count). The van der Waals surface area contributed by atoms with E-state index in [4.69, 9.17) is 0 Å². The Labute approximate surface area is 253 Å². The van der Waals surface area contributed by atoms with Crippen LogP contribution in [0.5, 0.6) is 0 Å². The standard InChI is InChI=1S/C32H33IN4O4/c33-24-15-13-23(14-16-24)19-25-30(39)36-27(20-22-10-5-2-6-11-22)32(41)37-17-7-12-28(37)31(40)35-26(29(38)34-25)18-21-8-3-1-4-9-21/h1-6,8-11,13-16,25-28H,7,12,17-20H2,(H,34,38)(H,35,40)(H,36,39)/t25-,26+,27+,28-/m1/s1. The molecule has 4 atom stereocenters. The Balaban J connectivity index is 1.49. The second-order valence-corrected chi connectivity index (χ2v) is 11.8. The van der Waals surface area contributed by atoms with Gasteiger partial charge in [0, 0.05) is 29.4 Å². The van der Waals surface area contributed by atoms with E-state index >= 15 is 0 Å². The van der Waals surface area contributed by atoms with Crippen LogP contribution >= 0.6 is 22.6 Å². The molecule has 9 heteroatoms. The Kier molecular flexibility index (Phi) is 9.33. The first kappa shape index (κ1) is 28.8. The average Bonchev–Trinajstić information content (AvgIpc) is 3.48. The lowest BCUT2D eigenvalue weighted by atomic mass is 9.99. The number of amides is 4. The molecule has 2 saturated heterocycles. The van der Waals surface area contributed by atoms with Crippen LogP contribution in [0.2, 0.25) is 0 Å². The molecule has 0 bridgehead atoms. The van der Waals surface area contributed by atoms with Crippen molar-refractivity contribution in [3.8, 4) is 0 Å². The molecule has 212 valence electrons. The van der Waals surface area contributed by atoms with Crippen LogP contribution in [0, 0.1) is 3.57 Å². The monoisotopic (exact) mass is 664 g/mol. The zero-order valence-electron chi connectivity index (χ0n) is 22.6. The first-order valence-electron chi connectivity index (χ1n) is 13.9. The Bertz CT molecular complexity index is 1380. The third-order valence-corrected chi connectivity index (χ3v) is 8.36. The zero-order chi connectivity index (χ0) is 28.8. The molecule has 41 heavy (non-hydrogen) atoms. The Morgan fingerprint density at radius 2 is 1.07 bits per heavy atom. The fourth-order valence-electron chi connectivity index (χ4n) is 5.49. The van der Waals surface area contributed by atoms with Crippen LogP contribution in [-0.2, 0) is 38.4 Å². The molecule has 0 unspecified atom stereocenters. The summed E-state index contributed by atoms with van der Waals surface area (Å²) in [5.74, 6) is -1.53. The Morgan fingerprint density at radius 1 is 0.610 bits per heavy atom. The first-order chi connectivity index (χ1) is 19.9. The predicted molar refractivity (Wildman–Crippen MR) is 164 cm³/mol. The molecule has 3 N–H and O–H groups in total. The smallest absolute Gasteiger partial charge is 0.246 e. The van der Waals surface area contributed by atoms with Gasteiger partial charge in [-0.1, -0.05) is 72.8 Å². The summed E-state index contributed by atoms with van der Waals surface area (Å²) in [5.41, 5.74) is 2.63. The van der Waals surface area contributed by atoms with E-state index in [1.54, 1.807) is 4.90 Å². The van der Waals surface area contributed by atoms with Crippen LogP contribution in [0.1, 0.15) is 29.5 Å². The maximum atomic E-state index is 13.9. The predicted octanol–water partition coefficient (Wildman–Crippen LogP) is 2.78. The minimum absolute atomic E-state index is 0.235. The van der Waals surface area contributed by atoms with Gasteiger partial charge in [-0.05, 0) is 64.3 Å². The highest BCUT2D eigenvalue weighted by atomic mass is 127. The van der Waals surface area contributed by atoms with Crippen LogP contribution in [0.25, 0.3) is 0 Å². The number of hydrogen-bond donors (Lipinski definition) is 3. The second kappa shape index (κ2) is 13.3. The van der Waals surface area contributed by atoms with Gasteiger partial charge in [0.1, 0.15) is 24.2 Å². The van der Waals surface area contributed by atoms with Crippen LogP contribution in [0.3, 0.4) is 0 Å². The molecule has 2 heterocycles. The molecule has 3 aromatic carbocycles. The van der Waals surface area contributed by atoms with Crippen molar-refractivity contribution in [2.24, 2.45) is 0 Å². The maximum Gasteiger partial charge on any atom is 0.246 e. The molecule has 4 amide bonds. The summed E-state index contributed by atoms with van der Waals surface area (Å²) in [7, 11) is 0. The van der Waals surface area contributed by atoms with Crippen molar-refractivity contribution in [2.75, 3.05) is 6.54 Å². The molecule has 2 fully saturated rings. The van der Waals surface area contributed by atoms with Crippen molar-refractivity contribution in [2.45, 2.75) is 56.3 Å². The van der Waals surface area contributed by atoms with Crippen LogP contribution < -0.4 is 16.0 Å². The summed E-state index contributed by atoms with van der Waals surface area (Å²) in [6.45, 7) is 0.416. The van der Waals surface area contributed by atoms with Crippen LogP contribution in [-0.4, -0.2) is 59.2 Å².